The molecule has 0 bridgehead atoms. The summed E-state index contributed by atoms with van der Waals surface area (Å²) in [6.07, 6.45) is -0.624. The maximum Gasteiger partial charge on any atom is 0.433 e. The predicted octanol–water partition coefficient (Wildman–Crippen LogP) is 4.33. The van der Waals surface area contributed by atoms with Crippen molar-refractivity contribution >= 4 is 16.8 Å². The first kappa shape index (κ1) is 19.2. The number of hydrogen-bond donors (Lipinski definition) is 0. The Hall–Kier alpha value is -3.16. The summed E-state index contributed by atoms with van der Waals surface area (Å²) >= 11 is 0. The third-order valence-corrected chi connectivity index (χ3v) is 4.92. The molecule has 0 radical (unpaired) electrons. The standard InChI is InChI=1S/C21H18F3N3O2/c22-21(23,24)18-7-6-15(13-26-18)20(28)27-11-8-16(9-12-27)29-17-5-1-3-14-4-2-10-25-19(14)17/h1-7,10,13,16H,8-9,11-12H2. The number of carbonyl (C=O) groups is 1. The van der Waals surface area contributed by atoms with Gasteiger partial charge in [0.05, 0.1) is 5.56 Å². The summed E-state index contributed by atoms with van der Waals surface area (Å²) in [6.45, 7) is 0.922. The maximum absolute atomic E-state index is 12.6. The Balaban J connectivity index is 1.38. The van der Waals surface area contributed by atoms with Gasteiger partial charge in [0.25, 0.3) is 5.91 Å². The summed E-state index contributed by atoms with van der Waals surface area (Å²) in [5, 5.41) is 0.993. The second-order valence-electron chi connectivity index (χ2n) is 6.87. The van der Waals surface area contributed by atoms with E-state index in [1.807, 2.05) is 30.3 Å². The van der Waals surface area contributed by atoms with Gasteiger partial charge in [-0.3, -0.25) is 14.8 Å². The van der Waals surface area contributed by atoms with E-state index in [4.69, 9.17) is 4.74 Å². The highest BCUT2D eigenvalue weighted by atomic mass is 19.4. The van der Waals surface area contributed by atoms with Crippen LogP contribution in [0.3, 0.4) is 0 Å². The van der Waals surface area contributed by atoms with E-state index in [1.54, 1.807) is 11.1 Å². The van der Waals surface area contributed by atoms with Crippen molar-refractivity contribution in [3.8, 4) is 5.75 Å². The largest absolute Gasteiger partial charge is 0.488 e. The van der Waals surface area contributed by atoms with Crippen molar-refractivity contribution in [1.82, 2.24) is 14.9 Å². The number of alkyl halides is 3. The minimum atomic E-state index is -4.52. The van der Waals surface area contributed by atoms with Gasteiger partial charge in [-0.2, -0.15) is 13.2 Å². The lowest BCUT2D eigenvalue weighted by Crippen LogP contribution is -2.41. The van der Waals surface area contributed by atoms with Gasteiger partial charge in [0.2, 0.25) is 0 Å². The van der Waals surface area contributed by atoms with Gasteiger partial charge >= 0.3 is 6.18 Å². The fourth-order valence-corrected chi connectivity index (χ4v) is 3.40. The summed E-state index contributed by atoms with van der Waals surface area (Å²) in [4.78, 5) is 21.9. The monoisotopic (exact) mass is 401 g/mol. The first-order valence-electron chi connectivity index (χ1n) is 9.25. The summed E-state index contributed by atoms with van der Waals surface area (Å²) in [6, 6.07) is 11.6. The molecule has 1 amide bonds. The van der Waals surface area contributed by atoms with E-state index in [0.29, 0.717) is 31.7 Å². The lowest BCUT2D eigenvalue weighted by atomic mass is 10.1. The fraction of sp³-hybridized carbons (Fsp3) is 0.286. The molecule has 1 fully saturated rings. The number of amides is 1. The van der Waals surface area contributed by atoms with E-state index in [2.05, 4.69) is 9.97 Å². The average molecular weight is 401 g/mol. The Labute approximate surface area is 165 Å². The number of piperidine rings is 1. The number of para-hydroxylation sites is 1. The second kappa shape index (κ2) is 7.69. The molecule has 0 spiro atoms. The van der Waals surface area contributed by atoms with E-state index in [0.717, 1.165) is 23.2 Å². The van der Waals surface area contributed by atoms with E-state index in [-0.39, 0.29) is 17.6 Å². The summed E-state index contributed by atoms with van der Waals surface area (Å²) in [7, 11) is 0. The summed E-state index contributed by atoms with van der Waals surface area (Å²) in [5.41, 5.74) is -0.0650. The van der Waals surface area contributed by atoms with Crippen LogP contribution >= 0.6 is 0 Å². The number of nitrogens with zero attached hydrogens (tertiary/aromatic N) is 3. The van der Waals surface area contributed by atoms with Crippen molar-refractivity contribution in [1.29, 1.82) is 0 Å². The van der Waals surface area contributed by atoms with Crippen molar-refractivity contribution in [2.75, 3.05) is 13.1 Å². The lowest BCUT2D eigenvalue weighted by Gasteiger charge is -2.32. The number of aromatic nitrogens is 2. The minimum absolute atomic E-state index is 0.0580. The van der Waals surface area contributed by atoms with Crippen LogP contribution in [0.15, 0.2) is 54.9 Å². The molecule has 29 heavy (non-hydrogen) atoms. The quantitative estimate of drug-likeness (QED) is 0.656. The van der Waals surface area contributed by atoms with Crippen molar-refractivity contribution in [3.63, 3.8) is 0 Å². The second-order valence-corrected chi connectivity index (χ2v) is 6.87. The molecule has 4 rings (SSSR count). The molecule has 0 unspecified atom stereocenters. The highest BCUT2D eigenvalue weighted by molar-refractivity contribution is 5.94. The predicted molar refractivity (Wildman–Crippen MR) is 101 cm³/mol. The van der Waals surface area contributed by atoms with Crippen molar-refractivity contribution < 1.29 is 22.7 Å². The molecular formula is C21H18F3N3O2. The zero-order chi connectivity index (χ0) is 20.4. The molecule has 1 aromatic carbocycles. The van der Waals surface area contributed by atoms with E-state index < -0.39 is 11.9 Å². The van der Waals surface area contributed by atoms with Gasteiger partial charge in [0, 0.05) is 43.7 Å². The zero-order valence-corrected chi connectivity index (χ0v) is 15.4. The zero-order valence-electron chi connectivity index (χ0n) is 15.4. The number of fused-ring (bicyclic) bond motifs is 1. The Morgan fingerprint density at radius 1 is 1.03 bits per heavy atom. The van der Waals surface area contributed by atoms with Gasteiger partial charge in [-0.1, -0.05) is 18.2 Å². The summed E-state index contributed by atoms with van der Waals surface area (Å²) in [5.74, 6) is 0.385. The number of likely N-dealkylation sites (tertiary alicyclic amines) is 1. The van der Waals surface area contributed by atoms with Crippen LogP contribution < -0.4 is 4.74 Å². The molecule has 1 aliphatic rings. The van der Waals surface area contributed by atoms with Crippen LogP contribution in [0.5, 0.6) is 5.75 Å². The van der Waals surface area contributed by atoms with Gasteiger partial charge in [0.1, 0.15) is 23.1 Å². The van der Waals surface area contributed by atoms with Crippen LogP contribution in [-0.4, -0.2) is 40.0 Å². The fourth-order valence-electron chi connectivity index (χ4n) is 3.40. The lowest BCUT2D eigenvalue weighted by molar-refractivity contribution is -0.141. The summed E-state index contributed by atoms with van der Waals surface area (Å²) < 4.78 is 44.0. The molecule has 2 aromatic heterocycles. The van der Waals surface area contributed by atoms with Crippen LogP contribution in [0.1, 0.15) is 28.9 Å². The van der Waals surface area contributed by atoms with Crippen LogP contribution in [0.25, 0.3) is 10.9 Å². The first-order valence-corrected chi connectivity index (χ1v) is 9.25. The first-order chi connectivity index (χ1) is 13.9. The normalized spacial score (nSPS) is 15.5. The van der Waals surface area contributed by atoms with Crippen molar-refractivity contribution in [3.05, 3.63) is 66.1 Å². The highest BCUT2D eigenvalue weighted by Crippen LogP contribution is 2.28. The third-order valence-electron chi connectivity index (χ3n) is 4.92. The van der Waals surface area contributed by atoms with Gasteiger partial charge in [-0.05, 0) is 24.3 Å². The number of ether oxygens (including phenoxy) is 1. The number of carbonyl (C=O) groups excluding carboxylic acids is 1. The van der Waals surface area contributed by atoms with Crippen LogP contribution in [-0.2, 0) is 6.18 Å². The van der Waals surface area contributed by atoms with Crippen LogP contribution in [0.2, 0.25) is 0 Å². The van der Waals surface area contributed by atoms with E-state index in [1.165, 1.54) is 6.07 Å². The smallest absolute Gasteiger partial charge is 0.433 e. The molecule has 1 aliphatic heterocycles. The Bertz CT molecular complexity index is 1010. The number of pyridine rings is 2. The minimum Gasteiger partial charge on any atom is -0.488 e. The number of halogens is 3. The van der Waals surface area contributed by atoms with Crippen LogP contribution in [0.4, 0.5) is 13.2 Å². The van der Waals surface area contributed by atoms with E-state index >= 15 is 0 Å². The molecule has 0 saturated carbocycles. The maximum atomic E-state index is 12.6. The molecule has 0 aliphatic carbocycles. The highest BCUT2D eigenvalue weighted by Gasteiger charge is 2.33. The van der Waals surface area contributed by atoms with Gasteiger partial charge < -0.3 is 9.64 Å². The Kier molecular flexibility index (Phi) is 5.08. The van der Waals surface area contributed by atoms with Crippen molar-refractivity contribution in [2.24, 2.45) is 0 Å². The molecule has 5 nitrogen and oxygen atoms in total. The molecule has 3 heterocycles. The Morgan fingerprint density at radius 3 is 2.48 bits per heavy atom. The molecule has 0 atom stereocenters. The topological polar surface area (TPSA) is 55.3 Å². The van der Waals surface area contributed by atoms with E-state index in [9.17, 15) is 18.0 Å². The third kappa shape index (κ3) is 4.16. The molecule has 150 valence electrons. The Morgan fingerprint density at radius 2 is 1.79 bits per heavy atom. The van der Waals surface area contributed by atoms with Gasteiger partial charge in [-0.25, -0.2) is 0 Å². The molecule has 8 heteroatoms. The number of rotatable bonds is 3. The van der Waals surface area contributed by atoms with Gasteiger partial charge in [0.15, 0.2) is 0 Å². The molecule has 1 saturated heterocycles. The number of benzene rings is 1. The molecule has 0 N–H and O–H groups in total. The van der Waals surface area contributed by atoms with Crippen LogP contribution in [0, 0.1) is 0 Å². The molecular weight excluding hydrogens is 383 g/mol. The van der Waals surface area contributed by atoms with Gasteiger partial charge in [-0.15, -0.1) is 0 Å². The molecule has 3 aromatic rings. The SMILES string of the molecule is O=C(c1ccc(C(F)(F)F)nc1)N1CCC(Oc2cccc3cccnc23)CC1. The average Bonchev–Trinajstić information content (AvgIpc) is 2.73. The van der Waals surface area contributed by atoms with Crippen molar-refractivity contribution in [2.45, 2.75) is 25.1 Å². The number of hydrogen-bond acceptors (Lipinski definition) is 4.